The molecule has 0 radical (unpaired) electrons. The van der Waals surface area contributed by atoms with Gasteiger partial charge in [-0.2, -0.15) is 0 Å². The zero-order valence-electron chi connectivity index (χ0n) is 15.1. The van der Waals surface area contributed by atoms with E-state index < -0.39 is 21.7 Å². The van der Waals surface area contributed by atoms with E-state index in [4.69, 9.17) is 0 Å². The van der Waals surface area contributed by atoms with Crippen LogP contribution in [0.3, 0.4) is 0 Å². The fourth-order valence-corrected chi connectivity index (χ4v) is 3.61. The average molecular weight is 392 g/mol. The Morgan fingerprint density at radius 3 is 2.30 bits per heavy atom. The number of hydrogen-bond donors (Lipinski definition) is 1. The number of halogens is 1. The molecule has 144 valence electrons. The van der Waals surface area contributed by atoms with Crippen molar-refractivity contribution in [2.75, 3.05) is 18.9 Å². The first-order chi connectivity index (χ1) is 12.7. The normalized spacial score (nSPS) is 11.4. The predicted molar refractivity (Wildman–Crippen MR) is 101 cm³/mol. The Kier molecular flexibility index (Phi) is 6.81. The van der Waals surface area contributed by atoms with E-state index in [-0.39, 0.29) is 35.8 Å². The Balaban J connectivity index is 1.90. The van der Waals surface area contributed by atoms with Gasteiger partial charge in [0.2, 0.25) is 15.9 Å². The molecule has 0 atom stereocenters. The van der Waals surface area contributed by atoms with Crippen molar-refractivity contribution >= 4 is 27.4 Å². The Labute approximate surface area is 158 Å². The lowest BCUT2D eigenvalue weighted by molar-refractivity contribution is -0.116. The van der Waals surface area contributed by atoms with Gasteiger partial charge in [0.15, 0.2) is 5.78 Å². The van der Waals surface area contributed by atoms with Gasteiger partial charge in [-0.05, 0) is 37.6 Å². The van der Waals surface area contributed by atoms with E-state index >= 15 is 0 Å². The number of ketones is 1. The van der Waals surface area contributed by atoms with Crippen molar-refractivity contribution in [1.29, 1.82) is 0 Å². The molecule has 2 aromatic rings. The first-order valence-corrected chi connectivity index (χ1v) is 9.77. The van der Waals surface area contributed by atoms with Gasteiger partial charge >= 0.3 is 0 Å². The summed E-state index contributed by atoms with van der Waals surface area (Å²) in [6.45, 7) is 1.53. The lowest BCUT2D eigenvalue weighted by Gasteiger charge is -2.17. The van der Waals surface area contributed by atoms with E-state index in [9.17, 15) is 22.4 Å². The van der Waals surface area contributed by atoms with Crippen LogP contribution in [0.2, 0.25) is 0 Å². The Hall–Kier alpha value is -2.58. The standard InChI is InChI=1S/C19H21FN2O4S/c1-14(23)15-9-11-16(12-10-15)27(25,26)22(2)13-5-8-19(24)21-18-7-4-3-6-17(18)20/h3-4,6-7,9-12H,5,8,13H2,1-2H3,(H,21,24). The van der Waals surface area contributed by atoms with Crippen LogP contribution in [-0.4, -0.2) is 38.0 Å². The highest BCUT2D eigenvalue weighted by Gasteiger charge is 2.20. The van der Waals surface area contributed by atoms with Gasteiger partial charge in [-0.15, -0.1) is 0 Å². The van der Waals surface area contributed by atoms with Crippen LogP contribution in [0.15, 0.2) is 53.4 Å². The summed E-state index contributed by atoms with van der Waals surface area (Å²) in [5.41, 5.74) is 0.524. The van der Waals surface area contributed by atoms with Gasteiger partial charge in [0.05, 0.1) is 10.6 Å². The molecule has 0 fully saturated rings. The quantitative estimate of drug-likeness (QED) is 0.700. The van der Waals surface area contributed by atoms with Crippen molar-refractivity contribution in [3.05, 3.63) is 59.9 Å². The lowest BCUT2D eigenvalue weighted by atomic mass is 10.2. The van der Waals surface area contributed by atoms with Crippen LogP contribution in [0, 0.1) is 5.82 Å². The fraction of sp³-hybridized carbons (Fsp3) is 0.263. The second-order valence-corrected chi connectivity index (χ2v) is 8.08. The van der Waals surface area contributed by atoms with Crippen molar-refractivity contribution < 1.29 is 22.4 Å². The van der Waals surface area contributed by atoms with E-state index in [1.165, 1.54) is 56.4 Å². The zero-order valence-corrected chi connectivity index (χ0v) is 15.9. The molecular formula is C19H21FN2O4S. The van der Waals surface area contributed by atoms with Crippen molar-refractivity contribution in [3.8, 4) is 0 Å². The van der Waals surface area contributed by atoms with Gasteiger partial charge in [-0.1, -0.05) is 24.3 Å². The van der Waals surface area contributed by atoms with Gasteiger partial charge in [-0.25, -0.2) is 17.1 Å². The average Bonchev–Trinajstić information content (AvgIpc) is 2.63. The number of amides is 1. The molecule has 0 spiro atoms. The van der Waals surface area contributed by atoms with Crippen LogP contribution >= 0.6 is 0 Å². The van der Waals surface area contributed by atoms with Crippen LogP contribution in [0.5, 0.6) is 0 Å². The number of hydrogen-bond acceptors (Lipinski definition) is 4. The molecule has 27 heavy (non-hydrogen) atoms. The number of nitrogens with zero attached hydrogens (tertiary/aromatic N) is 1. The molecule has 1 N–H and O–H groups in total. The second-order valence-electron chi connectivity index (χ2n) is 6.04. The van der Waals surface area contributed by atoms with E-state index in [2.05, 4.69) is 5.32 Å². The Bertz CT molecular complexity index is 927. The van der Waals surface area contributed by atoms with Gasteiger partial charge in [-0.3, -0.25) is 9.59 Å². The highest BCUT2D eigenvalue weighted by atomic mass is 32.2. The van der Waals surface area contributed by atoms with E-state index in [1.54, 1.807) is 6.07 Å². The Morgan fingerprint density at radius 1 is 1.07 bits per heavy atom. The molecule has 0 aliphatic rings. The minimum absolute atomic E-state index is 0.0530. The molecule has 0 saturated carbocycles. The molecule has 0 saturated heterocycles. The van der Waals surface area contributed by atoms with E-state index in [0.29, 0.717) is 5.56 Å². The molecule has 0 aliphatic heterocycles. The van der Waals surface area contributed by atoms with Gasteiger partial charge in [0.1, 0.15) is 5.82 Å². The van der Waals surface area contributed by atoms with Crippen molar-refractivity contribution in [1.82, 2.24) is 4.31 Å². The van der Waals surface area contributed by atoms with Crippen LogP contribution < -0.4 is 5.32 Å². The summed E-state index contributed by atoms with van der Waals surface area (Å²) in [5, 5.41) is 2.46. The Morgan fingerprint density at radius 2 is 1.70 bits per heavy atom. The topological polar surface area (TPSA) is 83.6 Å². The molecule has 0 unspecified atom stereocenters. The monoisotopic (exact) mass is 392 g/mol. The first-order valence-electron chi connectivity index (χ1n) is 8.33. The van der Waals surface area contributed by atoms with Crippen molar-refractivity contribution in [3.63, 3.8) is 0 Å². The molecule has 1 amide bonds. The number of para-hydroxylation sites is 1. The summed E-state index contributed by atoms with van der Waals surface area (Å²) < 4.78 is 39.7. The minimum atomic E-state index is -3.71. The van der Waals surface area contributed by atoms with Gasteiger partial charge in [0, 0.05) is 25.6 Å². The lowest BCUT2D eigenvalue weighted by Crippen LogP contribution is -2.28. The second kappa shape index (κ2) is 8.88. The number of benzene rings is 2. The zero-order chi connectivity index (χ0) is 20.0. The molecule has 2 aromatic carbocycles. The third kappa shape index (κ3) is 5.45. The summed E-state index contributed by atoms with van der Waals surface area (Å²) >= 11 is 0. The molecule has 0 heterocycles. The molecule has 8 heteroatoms. The third-order valence-electron chi connectivity index (χ3n) is 3.99. The van der Waals surface area contributed by atoms with E-state index in [0.717, 1.165) is 4.31 Å². The smallest absolute Gasteiger partial charge is 0.242 e. The first kappa shape index (κ1) is 20.7. The van der Waals surface area contributed by atoms with Crippen LogP contribution in [0.25, 0.3) is 0 Å². The minimum Gasteiger partial charge on any atom is -0.324 e. The molecule has 6 nitrogen and oxygen atoms in total. The number of rotatable bonds is 8. The maximum Gasteiger partial charge on any atom is 0.242 e. The largest absolute Gasteiger partial charge is 0.324 e. The van der Waals surface area contributed by atoms with Crippen molar-refractivity contribution in [2.24, 2.45) is 0 Å². The number of Topliss-reactive ketones (excluding diaryl/α,β-unsaturated/α-hetero) is 1. The van der Waals surface area contributed by atoms with Gasteiger partial charge < -0.3 is 5.32 Å². The van der Waals surface area contributed by atoms with Crippen LogP contribution in [0.1, 0.15) is 30.1 Å². The molecule has 0 aromatic heterocycles. The summed E-state index contributed by atoms with van der Waals surface area (Å²) in [6, 6.07) is 11.5. The molecule has 0 aliphatic carbocycles. The number of carbonyl (C=O) groups is 2. The third-order valence-corrected chi connectivity index (χ3v) is 5.86. The maximum atomic E-state index is 13.5. The number of nitrogens with one attached hydrogen (secondary N) is 1. The summed E-state index contributed by atoms with van der Waals surface area (Å²) in [6.07, 6.45) is 0.332. The molecule has 2 rings (SSSR count). The number of carbonyl (C=O) groups excluding carboxylic acids is 2. The predicted octanol–water partition coefficient (Wildman–Crippen LogP) is 3.07. The summed E-state index contributed by atoms with van der Waals surface area (Å²) in [4.78, 5) is 23.2. The fourth-order valence-electron chi connectivity index (χ4n) is 2.40. The molecule has 0 bridgehead atoms. The highest BCUT2D eigenvalue weighted by Crippen LogP contribution is 2.17. The van der Waals surface area contributed by atoms with Crippen LogP contribution in [-0.2, 0) is 14.8 Å². The van der Waals surface area contributed by atoms with E-state index in [1.807, 2.05) is 0 Å². The van der Waals surface area contributed by atoms with Gasteiger partial charge in [0.25, 0.3) is 0 Å². The summed E-state index contributed by atoms with van der Waals surface area (Å²) in [5.74, 6) is -1.07. The molecular weight excluding hydrogens is 371 g/mol. The van der Waals surface area contributed by atoms with Crippen molar-refractivity contribution in [2.45, 2.75) is 24.7 Å². The SMILES string of the molecule is CC(=O)c1ccc(S(=O)(=O)N(C)CCCC(=O)Nc2ccccc2F)cc1. The maximum absolute atomic E-state index is 13.5. The number of anilines is 1. The van der Waals surface area contributed by atoms with Crippen LogP contribution in [0.4, 0.5) is 10.1 Å². The number of sulfonamides is 1. The summed E-state index contributed by atoms with van der Waals surface area (Å²) in [7, 11) is -2.30. The highest BCUT2D eigenvalue weighted by molar-refractivity contribution is 7.89.